The molecule has 4 aliphatic rings. The van der Waals surface area contributed by atoms with E-state index in [-0.39, 0.29) is 12.3 Å². The summed E-state index contributed by atoms with van der Waals surface area (Å²) >= 11 is 0. The van der Waals surface area contributed by atoms with E-state index in [4.69, 9.17) is 9.47 Å². The van der Waals surface area contributed by atoms with E-state index < -0.39 is 0 Å². The highest BCUT2D eigenvalue weighted by atomic mass is 16.7. The van der Waals surface area contributed by atoms with Crippen LogP contribution in [-0.2, 0) is 16.0 Å². The number of likely N-dealkylation sites (tertiary alicyclic amines) is 1. The monoisotopic (exact) mass is 396 g/mol. The molecule has 4 nitrogen and oxygen atoms in total. The highest BCUT2D eigenvalue weighted by Gasteiger charge is 2.44. The molecule has 4 heteroatoms. The third-order valence-corrected chi connectivity index (χ3v) is 7.59. The summed E-state index contributed by atoms with van der Waals surface area (Å²) < 4.78 is 11.1. The number of nitriles is 1. The average molecular weight is 397 g/mol. The zero-order valence-corrected chi connectivity index (χ0v) is 17.8. The van der Waals surface area contributed by atoms with Crippen molar-refractivity contribution in [1.29, 1.82) is 5.26 Å². The van der Waals surface area contributed by atoms with Crippen molar-refractivity contribution in [3.8, 4) is 6.07 Å². The molecule has 5 rings (SSSR count). The quantitative estimate of drug-likeness (QED) is 0.719. The number of ether oxygens (including phenoxy) is 2. The van der Waals surface area contributed by atoms with Crippen molar-refractivity contribution in [1.82, 2.24) is 4.90 Å². The molecule has 2 heterocycles. The Morgan fingerprint density at radius 2 is 1.72 bits per heavy atom. The summed E-state index contributed by atoms with van der Waals surface area (Å²) in [5.74, 6) is 2.97. The second-order valence-electron chi connectivity index (χ2n) is 9.22. The third kappa shape index (κ3) is 4.85. The van der Waals surface area contributed by atoms with Crippen LogP contribution in [0.5, 0.6) is 0 Å². The minimum absolute atomic E-state index is 0.137. The highest BCUT2D eigenvalue weighted by molar-refractivity contribution is 5.16. The van der Waals surface area contributed by atoms with Gasteiger partial charge in [-0.25, -0.2) is 0 Å². The Morgan fingerprint density at radius 1 is 1.00 bits per heavy atom. The molecule has 1 aromatic carbocycles. The lowest BCUT2D eigenvalue weighted by Gasteiger charge is -2.22. The Kier molecular flexibility index (Phi) is 7.24. The maximum atomic E-state index is 9.37. The molecule has 0 radical (unpaired) electrons. The zero-order valence-electron chi connectivity index (χ0n) is 17.8. The highest BCUT2D eigenvalue weighted by Crippen LogP contribution is 2.42. The molecule has 0 aromatic heterocycles. The molecule has 1 aromatic rings. The van der Waals surface area contributed by atoms with Crippen LogP contribution < -0.4 is 0 Å². The van der Waals surface area contributed by atoms with E-state index in [2.05, 4.69) is 42.2 Å². The smallest absolute Gasteiger partial charge is 0.160 e. The summed E-state index contributed by atoms with van der Waals surface area (Å²) in [6.45, 7) is 5.94. The van der Waals surface area contributed by atoms with Crippen molar-refractivity contribution < 1.29 is 9.47 Å². The van der Waals surface area contributed by atoms with Gasteiger partial charge in [-0.2, -0.15) is 5.26 Å². The van der Waals surface area contributed by atoms with Gasteiger partial charge in [-0.1, -0.05) is 56.5 Å². The van der Waals surface area contributed by atoms with Gasteiger partial charge in [-0.3, -0.25) is 4.90 Å². The normalized spacial score (nSPS) is 34.6. The summed E-state index contributed by atoms with van der Waals surface area (Å²) in [5.41, 5.74) is 1.33. The van der Waals surface area contributed by atoms with Gasteiger partial charge in [-0.15, -0.1) is 0 Å². The van der Waals surface area contributed by atoms with E-state index in [0.29, 0.717) is 11.8 Å². The fraction of sp³-hybridized carbons (Fsp3) is 0.720. The van der Waals surface area contributed by atoms with Gasteiger partial charge in [0.2, 0.25) is 0 Å². The predicted molar refractivity (Wildman–Crippen MR) is 114 cm³/mol. The lowest BCUT2D eigenvalue weighted by atomic mass is 9.93. The van der Waals surface area contributed by atoms with Crippen molar-refractivity contribution in [3.05, 3.63) is 35.9 Å². The van der Waals surface area contributed by atoms with Crippen LogP contribution in [0.15, 0.2) is 30.3 Å². The molecule has 158 valence electrons. The molecule has 2 aliphatic carbocycles. The summed E-state index contributed by atoms with van der Waals surface area (Å²) in [5, 5.41) is 9.37. The molecule has 2 aliphatic heterocycles. The molecule has 4 fully saturated rings. The molecular weight excluding hydrogens is 360 g/mol. The van der Waals surface area contributed by atoms with E-state index in [1.165, 1.54) is 50.5 Å². The van der Waals surface area contributed by atoms with Crippen LogP contribution in [0.3, 0.4) is 0 Å². The van der Waals surface area contributed by atoms with Gasteiger partial charge in [0.15, 0.2) is 6.29 Å². The van der Waals surface area contributed by atoms with Crippen molar-refractivity contribution in [2.24, 2.45) is 23.7 Å². The zero-order chi connectivity index (χ0) is 20.1. The molecule has 0 N–H and O–H groups in total. The fourth-order valence-corrected chi connectivity index (χ4v) is 6.11. The van der Waals surface area contributed by atoms with Gasteiger partial charge >= 0.3 is 0 Å². The molecule has 0 bridgehead atoms. The molecule has 2 saturated carbocycles. The fourth-order valence-electron chi connectivity index (χ4n) is 6.11. The Hall–Kier alpha value is -1.41. The first-order valence-electron chi connectivity index (χ1n) is 11.7. The van der Waals surface area contributed by atoms with Crippen LogP contribution in [0.4, 0.5) is 0 Å². The van der Waals surface area contributed by atoms with E-state index >= 15 is 0 Å². The molecule has 0 amide bonds. The number of hydrogen-bond donors (Lipinski definition) is 0. The van der Waals surface area contributed by atoms with Gasteiger partial charge in [0, 0.05) is 19.0 Å². The number of benzene rings is 1. The van der Waals surface area contributed by atoms with Crippen molar-refractivity contribution in [2.45, 2.75) is 70.7 Å². The third-order valence-electron chi connectivity index (χ3n) is 7.59. The lowest BCUT2D eigenvalue weighted by Crippen LogP contribution is -2.30. The first-order chi connectivity index (χ1) is 14.3. The average Bonchev–Trinajstić information content (AvgIpc) is 3.52. The lowest BCUT2D eigenvalue weighted by molar-refractivity contribution is -0.0935. The van der Waals surface area contributed by atoms with Crippen molar-refractivity contribution in [2.75, 3.05) is 19.8 Å². The molecule has 0 spiro atoms. The summed E-state index contributed by atoms with van der Waals surface area (Å²) in [7, 11) is 0. The Labute approximate surface area is 176 Å². The Bertz CT molecular complexity index is 667. The van der Waals surface area contributed by atoms with Crippen LogP contribution in [0.2, 0.25) is 0 Å². The van der Waals surface area contributed by atoms with Crippen LogP contribution >= 0.6 is 0 Å². The summed E-state index contributed by atoms with van der Waals surface area (Å²) in [6.07, 6.45) is 9.39. The van der Waals surface area contributed by atoms with Crippen LogP contribution in [-0.4, -0.2) is 37.0 Å². The maximum absolute atomic E-state index is 9.37. The SMILES string of the molecule is CC[C@@H]1CCC[C@H]1C1OCCO1.N#C[C@@H]1[C@H]2CCC[C@H]2CN1Cc1ccccc1. The second-order valence-corrected chi connectivity index (χ2v) is 9.22. The van der Waals surface area contributed by atoms with Gasteiger partial charge < -0.3 is 9.47 Å². The van der Waals surface area contributed by atoms with Gasteiger partial charge in [0.1, 0.15) is 6.04 Å². The van der Waals surface area contributed by atoms with Crippen molar-refractivity contribution >= 4 is 0 Å². The minimum Gasteiger partial charge on any atom is -0.350 e. The number of nitrogens with zero attached hydrogens (tertiary/aromatic N) is 2. The summed E-state index contributed by atoms with van der Waals surface area (Å²) in [6, 6.07) is 13.2. The molecular formula is C25H36N2O2. The number of rotatable bonds is 4. The van der Waals surface area contributed by atoms with Crippen LogP contribution in [0.1, 0.15) is 57.4 Å². The maximum Gasteiger partial charge on any atom is 0.160 e. The van der Waals surface area contributed by atoms with E-state index in [0.717, 1.165) is 38.1 Å². The summed E-state index contributed by atoms with van der Waals surface area (Å²) in [4.78, 5) is 2.38. The number of fused-ring (bicyclic) bond motifs is 1. The van der Waals surface area contributed by atoms with Gasteiger partial charge in [-0.05, 0) is 49.0 Å². The molecule has 5 atom stereocenters. The van der Waals surface area contributed by atoms with Gasteiger partial charge in [0.05, 0.1) is 19.3 Å². The molecule has 2 saturated heterocycles. The van der Waals surface area contributed by atoms with Crippen LogP contribution in [0.25, 0.3) is 0 Å². The molecule has 29 heavy (non-hydrogen) atoms. The topological polar surface area (TPSA) is 45.5 Å². The Morgan fingerprint density at radius 3 is 2.45 bits per heavy atom. The van der Waals surface area contributed by atoms with E-state index in [9.17, 15) is 5.26 Å². The van der Waals surface area contributed by atoms with E-state index in [1.807, 2.05) is 6.07 Å². The standard InChI is InChI=1S/C15H18N2.C10H18O2/c16-9-15-14-8-4-7-13(14)11-17(15)10-12-5-2-1-3-6-12;1-2-8-4-3-5-9(8)10-11-6-7-12-10/h1-3,5-6,13-15H,4,7-8,10-11H2;8-10H,2-7H2,1H3/t13-,14-,15+;8-,9-/m01/s1. The second kappa shape index (κ2) is 10.1. The number of hydrogen-bond acceptors (Lipinski definition) is 4. The van der Waals surface area contributed by atoms with Crippen LogP contribution in [0, 0.1) is 35.0 Å². The van der Waals surface area contributed by atoms with Crippen molar-refractivity contribution in [3.63, 3.8) is 0 Å². The van der Waals surface area contributed by atoms with E-state index in [1.54, 1.807) is 0 Å². The minimum atomic E-state index is 0.137. The first-order valence-corrected chi connectivity index (χ1v) is 11.7. The Balaban J connectivity index is 0.000000150. The largest absolute Gasteiger partial charge is 0.350 e. The molecule has 0 unspecified atom stereocenters. The van der Waals surface area contributed by atoms with Gasteiger partial charge in [0.25, 0.3) is 0 Å². The predicted octanol–water partition coefficient (Wildman–Crippen LogP) is 5.00. The first kappa shape index (κ1) is 20.8.